The monoisotopic (exact) mass is 251 g/mol. The van der Waals surface area contributed by atoms with Crippen molar-refractivity contribution in [2.75, 3.05) is 12.4 Å². The van der Waals surface area contributed by atoms with Crippen LogP contribution in [0.1, 0.15) is 13.8 Å². The number of oxime groups is 1. The smallest absolute Gasteiger partial charge is 0.237 e. The number of carbonyl (C=O) groups is 1. The fourth-order valence-electron chi connectivity index (χ4n) is 1.23. The minimum absolute atomic E-state index is 0.150. The Balaban J connectivity index is 2.87. The van der Waals surface area contributed by atoms with Crippen molar-refractivity contribution >= 4 is 17.4 Å². The average Bonchev–Trinajstić information content (AvgIpc) is 2.37. The topological polar surface area (TPSA) is 96.9 Å². The van der Waals surface area contributed by atoms with E-state index in [9.17, 15) is 4.79 Å². The first-order valence-electron chi connectivity index (χ1n) is 5.35. The molecule has 0 saturated carbocycles. The van der Waals surface area contributed by atoms with Gasteiger partial charge in [0.15, 0.2) is 5.84 Å². The molecule has 0 fully saturated rings. The van der Waals surface area contributed by atoms with Gasteiger partial charge in [0.05, 0.1) is 7.11 Å². The largest absolute Gasteiger partial charge is 0.497 e. The van der Waals surface area contributed by atoms with Crippen molar-refractivity contribution in [2.45, 2.75) is 13.8 Å². The summed E-state index contributed by atoms with van der Waals surface area (Å²) in [6, 6.07) is 6.93. The van der Waals surface area contributed by atoms with E-state index in [1.54, 1.807) is 45.2 Å². The third-order valence-corrected chi connectivity index (χ3v) is 2.64. The van der Waals surface area contributed by atoms with E-state index in [-0.39, 0.29) is 11.7 Å². The summed E-state index contributed by atoms with van der Waals surface area (Å²) in [7, 11) is 1.54. The van der Waals surface area contributed by atoms with Crippen LogP contribution in [0, 0.1) is 5.41 Å². The maximum absolute atomic E-state index is 12.0. The first-order chi connectivity index (χ1) is 8.41. The summed E-state index contributed by atoms with van der Waals surface area (Å²) in [5, 5.41) is 14.2. The summed E-state index contributed by atoms with van der Waals surface area (Å²) in [5.74, 6) is 0.114. The van der Waals surface area contributed by atoms with Crippen molar-refractivity contribution < 1.29 is 14.7 Å². The number of amides is 1. The standard InChI is InChI=1S/C12H17N3O3/c1-12(2,10(13)15-17)11(16)14-8-5-4-6-9(7-8)18-3/h4-7,17H,1-3H3,(H2,13,15)(H,14,16). The summed E-state index contributed by atoms with van der Waals surface area (Å²) in [4.78, 5) is 12.0. The van der Waals surface area contributed by atoms with Crippen molar-refractivity contribution in [1.29, 1.82) is 0 Å². The number of nitrogens with two attached hydrogens (primary N) is 1. The Morgan fingerprint density at radius 3 is 2.72 bits per heavy atom. The lowest BCUT2D eigenvalue weighted by molar-refractivity contribution is -0.121. The van der Waals surface area contributed by atoms with Crippen molar-refractivity contribution in [1.82, 2.24) is 0 Å². The normalized spacial score (nSPS) is 12.1. The molecule has 0 aliphatic rings. The molecular weight excluding hydrogens is 234 g/mol. The van der Waals surface area contributed by atoms with Gasteiger partial charge >= 0.3 is 0 Å². The molecule has 0 atom stereocenters. The van der Waals surface area contributed by atoms with Gasteiger partial charge in [0.2, 0.25) is 5.91 Å². The molecule has 6 nitrogen and oxygen atoms in total. The highest BCUT2D eigenvalue weighted by Crippen LogP contribution is 2.21. The van der Waals surface area contributed by atoms with E-state index in [2.05, 4.69) is 10.5 Å². The van der Waals surface area contributed by atoms with E-state index in [1.165, 1.54) is 0 Å². The zero-order valence-electron chi connectivity index (χ0n) is 10.6. The molecule has 18 heavy (non-hydrogen) atoms. The van der Waals surface area contributed by atoms with Gasteiger partial charge in [0.25, 0.3) is 0 Å². The van der Waals surface area contributed by atoms with Crippen molar-refractivity contribution in [3.63, 3.8) is 0 Å². The summed E-state index contributed by atoms with van der Waals surface area (Å²) in [6.07, 6.45) is 0. The highest BCUT2D eigenvalue weighted by molar-refractivity contribution is 6.11. The van der Waals surface area contributed by atoms with E-state index in [0.717, 1.165) is 0 Å². The molecule has 0 radical (unpaired) electrons. The van der Waals surface area contributed by atoms with E-state index < -0.39 is 5.41 Å². The van der Waals surface area contributed by atoms with E-state index in [0.29, 0.717) is 11.4 Å². The lowest BCUT2D eigenvalue weighted by Crippen LogP contribution is -2.42. The fourth-order valence-corrected chi connectivity index (χ4v) is 1.23. The Bertz CT molecular complexity index is 469. The number of amidine groups is 1. The second-order valence-electron chi connectivity index (χ2n) is 4.30. The summed E-state index contributed by atoms with van der Waals surface area (Å²) < 4.78 is 5.05. The number of rotatable bonds is 4. The van der Waals surface area contributed by atoms with Gasteiger partial charge in [0.1, 0.15) is 11.2 Å². The first-order valence-corrected chi connectivity index (χ1v) is 5.35. The number of hydrogen-bond acceptors (Lipinski definition) is 4. The molecular formula is C12H17N3O3. The van der Waals surface area contributed by atoms with Gasteiger partial charge in [0, 0.05) is 11.8 Å². The molecule has 6 heteroatoms. The quantitative estimate of drug-likeness (QED) is 0.326. The SMILES string of the molecule is COc1cccc(NC(=O)C(C)(C)C(N)=NO)c1. The molecule has 0 aliphatic carbocycles. The zero-order valence-corrected chi connectivity index (χ0v) is 10.6. The highest BCUT2D eigenvalue weighted by atomic mass is 16.5. The van der Waals surface area contributed by atoms with Gasteiger partial charge in [-0.25, -0.2) is 0 Å². The zero-order chi connectivity index (χ0) is 13.8. The van der Waals surface area contributed by atoms with Crippen molar-refractivity contribution in [3.05, 3.63) is 24.3 Å². The van der Waals surface area contributed by atoms with Crippen LogP contribution in [0.25, 0.3) is 0 Å². The van der Waals surface area contributed by atoms with E-state index >= 15 is 0 Å². The molecule has 1 aromatic carbocycles. The molecule has 1 rings (SSSR count). The van der Waals surface area contributed by atoms with Gasteiger partial charge in [-0.05, 0) is 26.0 Å². The van der Waals surface area contributed by atoms with Crippen LogP contribution < -0.4 is 15.8 Å². The minimum atomic E-state index is -1.10. The maximum Gasteiger partial charge on any atom is 0.237 e. The van der Waals surface area contributed by atoms with Gasteiger partial charge in [-0.2, -0.15) is 0 Å². The molecule has 0 aliphatic heterocycles. The number of carbonyl (C=O) groups excluding carboxylic acids is 1. The van der Waals surface area contributed by atoms with Crippen LogP contribution >= 0.6 is 0 Å². The third-order valence-electron chi connectivity index (χ3n) is 2.64. The van der Waals surface area contributed by atoms with Crippen LogP contribution in [0.4, 0.5) is 5.69 Å². The number of hydrogen-bond donors (Lipinski definition) is 3. The molecule has 0 bridgehead atoms. The lowest BCUT2D eigenvalue weighted by Gasteiger charge is -2.21. The van der Waals surface area contributed by atoms with Crippen LogP contribution in [0.2, 0.25) is 0 Å². The Hall–Kier alpha value is -2.24. The highest BCUT2D eigenvalue weighted by Gasteiger charge is 2.32. The molecule has 0 saturated heterocycles. The molecule has 0 spiro atoms. The molecule has 98 valence electrons. The van der Waals surface area contributed by atoms with Gasteiger partial charge in [-0.1, -0.05) is 11.2 Å². The fraction of sp³-hybridized carbons (Fsp3) is 0.333. The van der Waals surface area contributed by atoms with Crippen LogP contribution in [-0.4, -0.2) is 24.1 Å². The van der Waals surface area contributed by atoms with E-state index in [1.807, 2.05) is 0 Å². The molecule has 4 N–H and O–H groups in total. The molecule has 0 aromatic heterocycles. The van der Waals surface area contributed by atoms with Gasteiger partial charge in [-0.15, -0.1) is 0 Å². The predicted octanol–water partition coefficient (Wildman–Crippen LogP) is 1.41. The predicted molar refractivity (Wildman–Crippen MR) is 68.8 cm³/mol. The van der Waals surface area contributed by atoms with Crippen LogP contribution in [0.15, 0.2) is 29.4 Å². The van der Waals surface area contributed by atoms with E-state index in [4.69, 9.17) is 15.7 Å². The molecule has 1 aromatic rings. The van der Waals surface area contributed by atoms with Crippen LogP contribution in [0.5, 0.6) is 5.75 Å². The van der Waals surface area contributed by atoms with Crippen LogP contribution in [0.3, 0.4) is 0 Å². The van der Waals surface area contributed by atoms with Gasteiger partial charge in [-0.3, -0.25) is 4.79 Å². The number of anilines is 1. The van der Waals surface area contributed by atoms with Crippen molar-refractivity contribution in [2.24, 2.45) is 16.3 Å². The molecule has 0 unspecified atom stereocenters. The lowest BCUT2D eigenvalue weighted by atomic mass is 9.91. The summed E-state index contributed by atoms with van der Waals surface area (Å²) >= 11 is 0. The molecule has 0 heterocycles. The third kappa shape index (κ3) is 2.91. The number of methoxy groups -OCH3 is 1. The average molecular weight is 251 g/mol. The number of nitrogens with one attached hydrogen (secondary N) is 1. The number of ether oxygens (including phenoxy) is 1. The Morgan fingerprint density at radius 2 is 2.17 bits per heavy atom. The molecule has 1 amide bonds. The van der Waals surface area contributed by atoms with Crippen molar-refractivity contribution in [3.8, 4) is 5.75 Å². The second-order valence-corrected chi connectivity index (χ2v) is 4.30. The first kappa shape index (κ1) is 13.8. The van der Waals surface area contributed by atoms with Crippen LogP contribution in [-0.2, 0) is 4.79 Å². The number of benzene rings is 1. The number of nitrogens with zero attached hydrogens (tertiary/aromatic N) is 1. The summed E-state index contributed by atoms with van der Waals surface area (Å²) in [6.45, 7) is 3.13. The van der Waals surface area contributed by atoms with Gasteiger partial charge < -0.3 is 21.0 Å². The minimum Gasteiger partial charge on any atom is -0.497 e. The second kappa shape index (κ2) is 5.39. The summed E-state index contributed by atoms with van der Waals surface area (Å²) in [5.41, 5.74) is 4.96. The Kier molecular flexibility index (Phi) is 4.14. The Labute approximate surface area is 105 Å². The Morgan fingerprint density at radius 1 is 1.50 bits per heavy atom. The maximum atomic E-state index is 12.0.